The van der Waals surface area contributed by atoms with Crippen LogP contribution in [0.1, 0.15) is 39.0 Å². The van der Waals surface area contributed by atoms with Gasteiger partial charge in [-0.2, -0.15) is 0 Å². The molecule has 1 rings (SSSR count). The van der Waals surface area contributed by atoms with Crippen LogP contribution in [0.15, 0.2) is 0 Å². The quantitative estimate of drug-likeness (QED) is 0.768. The topological polar surface area (TPSA) is 80.5 Å². The summed E-state index contributed by atoms with van der Waals surface area (Å²) in [6.45, 7) is 3.48. The van der Waals surface area contributed by atoms with Gasteiger partial charge >= 0.3 is 0 Å². The van der Waals surface area contributed by atoms with Crippen LogP contribution in [0.5, 0.6) is 0 Å². The first-order chi connectivity index (χ1) is 8.53. The summed E-state index contributed by atoms with van der Waals surface area (Å²) in [6.07, 6.45) is 3.83. The van der Waals surface area contributed by atoms with Crippen LogP contribution in [-0.4, -0.2) is 49.9 Å². The van der Waals surface area contributed by atoms with E-state index in [4.69, 9.17) is 5.73 Å². The van der Waals surface area contributed by atoms with Crippen LogP contribution in [0.25, 0.3) is 0 Å². The molecule has 0 bridgehead atoms. The van der Waals surface area contributed by atoms with Crippen molar-refractivity contribution < 1.29 is 13.2 Å². The van der Waals surface area contributed by atoms with Gasteiger partial charge < -0.3 is 10.6 Å². The van der Waals surface area contributed by atoms with E-state index in [0.717, 1.165) is 19.3 Å². The second-order valence-electron chi connectivity index (χ2n) is 4.82. The third-order valence-corrected chi connectivity index (χ3v) is 5.51. The van der Waals surface area contributed by atoms with Crippen LogP contribution in [0, 0.1) is 0 Å². The summed E-state index contributed by atoms with van der Waals surface area (Å²) < 4.78 is 23.9. The number of unbranched alkanes of at least 4 members (excludes halogenated alkanes) is 1. The first-order valence-corrected chi connectivity index (χ1v) is 8.45. The lowest BCUT2D eigenvalue weighted by atomic mass is 10.1. The minimum atomic E-state index is -3.24. The van der Waals surface area contributed by atoms with Gasteiger partial charge in [0.15, 0.2) is 9.84 Å². The van der Waals surface area contributed by atoms with Crippen molar-refractivity contribution in [3.8, 4) is 0 Å². The number of carbonyl (C=O) groups is 1. The maximum atomic E-state index is 12.3. The van der Waals surface area contributed by atoms with Gasteiger partial charge in [0.05, 0.1) is 5.75 Å². The highest BCUT2D eigenvalue weighted by molar-refractivity contribution is 7.92. The Bertz CT molecular complexity index is 368. The molecule has 5 nitrogen and oxygen atoms in total. The van der Waals surface area contributed by atoms with Gasteiger partial charge in [0.2, 0.25) is 5.91 Å². The van der Waals surface area contributed by atoms with Gasteiger partial charge in [0.1, 0.15) is 5.25 Å². The fraction of sp³-hybridized carbons (Fsp3) is 0.917. The highest BCUT2D eigenvalue weighted by Crippen LogP contribution is 2.21. The maximum Gasteiger partial charge on any atom is 0.240 e. The van der Waals surface area contributed by atoms with Crippen LogP contribution >= 0.6 is 0 Å². The molecule has 1 aliphatic rings. The molecule has 1 saturated heterocycles. The molecular weight excluding hydrogens is 252 g/mol. The lowest BCUT2D eigenvalue weighted by Crippen LogP contribution is -2.47. The molecule has 0 aromatic carbocycles. The van der Waals surface area contributed by atoms with Gasteiger partial charge in [-0.05, 0) is 19.3 Å². The molecule has 106 valence electrons. The molecule has 1 heterocycles. The molecule has 1 fully saturated rings. The monoisotopic (exact) mass is 276 g/mol. The Balaban J connectivity index is 2.74. The minimum Gasteiger partial charge on any atom is -0.340 e. The van der Waals surface area contributed by atoms with Crippen molar-refractivity contribution in [1.29, 1.82) is 0 Å². The lowest BCUT2D eigenvalue weighted by Gasteiger charge is -2.29. The molecule has 0 saturated carbocycles. The summed E-state index contributed by atoms with van der Waals surface area (Å²) in [6, 6.07) is 0. The molecule has 1 aliphatic heterocycles. The SMILES string of the molecule is CCCCN(CCN)C(=O)C1CCCCS1(=O)=O. The Morgan fingerprint density at radius 1 is 1.33 bits per heavy atom. The van der Waals surface area contributed by atoms with Crippen LogP contribution in [-0.2, 0) is 14.6 Å². The molecule has 2 N–H and O–H groups in total. The van der Waals surface area contributed by atoms with Crippen molar-refractivity contribution in [2.75, 3.05) is 25.4 Å². The van der Waals surface area contributed by atoms with Gasteiger partial charge in [-0.15, -0.1) is 0 Å². The summed E-state index contributed by atoms with van der Waals surface area (Å²) in [5.41, 5.74) is 5.49. The average molecular weight is 276 g/mol. The standard InChI is InChI=1S/C12H24N2O3S/c1-2-3-8-14(9-7-13)12(15)11-6-4-5-10-18(11,16)17/h11H,2-10,13H2,1H3. The Morgan fingerprint density at radius 2 is 2.06 bits per heavy atom. The molecule has 1 amide bonds. The normalized spacial score (nSPS) is 22.7. The Kier molecular flexibility index (Phi) is 6.08. The molecule has 1 unspecified atom stereocenters. The number of nitrogens with two attached hydrogens (primary N) is 1. The van der Waals surface area contributed by atoms with Gasteiger partial charge in [0.25, 0.3) is 0 Å². The van der Waals surface area contributed by atoms with Crippen molar-refractivity contribution in [1.82, 2.24) is 4.90 Å². The second-order valence-corrected chi connectivity index (χ2v) is 7.12. The molecular formula is C12H24N2O3S. The summed E-state index contributed by atoms with van der Waals surface area (Å²) in [5.74, 6) is -0.0956. The largest absolute Gasteiger partial charge is 0.340 e. The third kappa shape index (κ3) is 3.95. The fourth-order valence-electron chi connectivity index (χ4n) is 2.27. The summed E-state index contributed by atoms with van der Waals surface area (Å²) >= 11 is 0. The van der Waals surface area contributed by atoms with Crippen LogP contribution in [0.4, 0.5) is 0 Å². The number of amides is 1. The Labute approximate surface area is 110 Å². The first-order valence-electron chi connectivity index (χ1n) is 6.73. The van der Waals surface area contributed by atoms with Gasteiger partial charge in [-0.3, -0.25) is 4.79 Å². The summed E-state index contributed by atoms with van der Waals surface area (Å²) in [5, 5.41) is -0.824. The maximum absolute atomic E-state index is 12.3. The molecule has 18 heavy (non-hydrogen) atoms. The molecule has 0 radical (unpaired) electrons. The zero-order valence-corrected chi connectivity index (χ0v) is 11.9. The number of nitrogens with zero attached hydrogens (tertiary/aromatic N) is 1. The van der Waals surface area contributed by atoms with Gasteiger partial charge in [-0.1, -0.05) is 19.8 Å². The van der Waals surface area contributed by atoms with E-state index in [1.807, 2.05) is 6.92 Å². The predicted octanol–water partition coefficient (Wildman–Crippen LogP) is 0.541. The predicted molar refractivity (Wildman–Crippen MR) is 72.0 cm³/mol. The molecule has 0 aromatic rings. The van der Waals surface area contributed by atoms with Gasteiger partial charge in [-0.25, -0.2) is 8.42 Å². The zero-order valence-electron chi connectivity index (χ0n) is 11.1. The van der Waals surface area contributed by atoms with Crippen molar-refractivity contribution in [2.45, 2.75) is 44.3 Å². The smallest absolute Gasteiger partial charge is 0.240 e. The Morgan fingerprint density at radius 3 is 2.61 bits per heavy atom. The van der Waals surface area contributed by atoms with Crippen molar-refractivity contribution in [3.63, 3.8) is 0 Å². The molecule has 0 aliphatic carbocycles. The molecule has 1 atom stereocenters. The third-order valence-electron chi connectivity index (χ3n) is 3.35. The summed E-state index contributed by atoms with van der Waals surface area (Å²) in [7, 11) is -3.24. The second kappa shape index (κ2) is 7.09. The van der Waals surface area contributed by atoms with Crippen molar-refractivity contribution in [2.24, 2.45) is 5.73 Å². The van der Waals surface area contributed by atoms with Gasteiger partial charge in [0, 0.05) is 19.6 Å². The Hall–Kier alpha value is -0.620. The van der Waals surface area contributed by atoms with Crippen molar-refractivity contribution >= 4 is 15.7 Å². The van der Waals surface area contributed by atoms with E-state index in [0.29, 0.717) is 32.5 Å². The minimum absolute atomic E-state index is 0.146. The molecule has 6 heteroatoms. The number of hydrogen-bond donors (Lipinski definition) is 1. The van der Waals surface area contributed by atoms with Crippen LogP contribution in [0.3, 0.4) is 0 Å². The lowest BCUT2D eigenvalue weighted by molar-refractivity contribution is -0.131. The van der Waals surface area contributed by atoms with E-state index in [1.165, 1.54) is 0 Å². The van der Waals surface area contributed by atoms with Crippen LogP contribution < -0.4 is 5.73 Å². The average Bonchev–Trinajstić information content (AvgIpc) is 2.33. The van der Waals surface area contributed by atoms with E-state index in [1.54, 1.807) is 4.90 Å². The highest BCUT2D eigenvalue weighted by atomic mass is 32.2. The molecule has 0 spiro atoms. The number of sulfone groups is 1. The van der Waals surface area contributed by atoms with Crippen LogP contribution in [0.2, 0.25) is 0 Å². The summed E-state index contributed by atoms with van der Waals surface area (Å²) in [4.78, 5) is 13.9. The van der Waals surface area contributed by atoms with E-state index in [-0.39, 0.29) is 11.7 Å². The van der Waals surface area contributed by atoms with E-state index in [9.17, 15) is 13.2 Å². The molecule has 0 aromatic heterocycles. The fourth-order valence-corrected chi connectivity index (χ4v) is 4.15. The van der Waals surface area contributed by atoms with E-state index >= 15 is 0 Å². The number of rotatable bonds is 6. The zero-order chi connectivity index (χ0) is 13.6. The number of hydrogen-bond acceptors (Lipinski definition) is 4. The van der Waals surface area contributed by atoms with Crippen molar-refractivity contribution in [3.05, 3.63) is 0 Å². The number of carbonyl (C=O) groups excluding carboxylic acids is 1. The van der Waals surface area contributed by atoms with E-state index in [2.05, 4.69) is 0 Å². The highest BCUT2D eigenvalue weighted by Gasteiger charge is 2.36. The first kappa shape index (κ1) is 15.4. The van der Waals surface area contributed by atoms with E-state index < -0.39 is 15.1 Å².